The highest BCUT2D eigenvalue weighted by atomic mass is 79.9. The van der Waals surface area contributed by atoms with Gasteiger partial charge >= 0.3 is 0 Å². The Labute approximate surface area is 124 Å². The summed E-state index contributed by atoms with van der Waals surface area (Å²) in [7, 11) is 0. The third kappa shape index (κ3) is 4.05. The molecule has 0 aliphatic heterocycles. The minimum atomic E-state index is -0.0841. The minimum Gasteiger partial charge on any atom is -0.350 e. The Morgan fingerprint density at radius 3 is 2.94 bits per heavy atom. The molecule has 18 heavy (non-hydrogen) atoms. The van der Waals surface area contributed by atoms with Crippen LogP contribution in [0, 0.1) is 5.92 Å². The zero-order valence-corrected chi connectivity index (χ0v) is 13.2. The van der Waals surface area contributed by atoms with Gasteiger partial charge in [0.1, 0.15) is 5.69 Å². The summed E-state index contributed by atoms with van der Waals surface area (Å²) < 4.78 is 0.883. The van der Waals surface area contributed by atoms with Crippen molar-refractivity contribution in [2.24, 2.45) is 5.92 Å². The topological polar surface area (TPSA) is 42.0 Å². The summed E-state index contributed by atoms with van der Waals surface area (Å²) in [6.07, 6.45) is 6.49. The largest absolute Gasteiger partial charge is 0.350 e. The molecule has 0 bridgehead atoms. The minimum absolute atomic E-state index is 0.0841. The van der Waals surface area contributed by atoms with Crippen LogP contribution in [0.4, 0.5) is 0 Å². The molecule has 1 N–H and O–H groups in total. The van der Waals surface area contributed by atoms with E-state index in [0.717, 1.165) is 17.4 Å². The van der Waals surface area contributed by atoms with Gasteiger partial charge in [-0.1, -0.05) is 22.4 Å². The fourth-order valence-corrected chi connectivity index (χ4v) is 3.34. The van der Waals surface area contributed by atoms with E-state index in [-0.39, 0.29) is 5.91 Å². The van der Waals surface area contributed by atoms with Crippen molar-refractivity contribution in [2.45, 2.75) is 30.5 Å². The second kappa shape index (κ2) is 6.66. The Morgan fingerprint density at radius 1 is 1.44 bits per heavy atom. The summed E-state index contributed by atoms with van der Waals surface area (Å²) in [6, 6.07) is 3.56. The standard InChI is InChI=1S/C13H16Br2N2O/c14-10-3-1-2-9(6-10)7-17-13(18)12-5-4-11(15)8-16-12/h4-5,8-10H,1-3,6-7H2,(H,17,18). The number of amides is 1. The molecule has 1 saturated carbocycles. The molecule has 1 aliphatic carbocycles. The third-order valence-corrected chi connectivity index (χ3v) is 4.53. The van der Waals surface area contributed by atoms with Crippen molar-refractivity contribution in [3.05, 3.63) is 28.5 Å². The number of halogens is 2. The lowest BCUT2D eigenvalue weighted by Crippen LogP contribution is -2.32. The second-order valence-electron chi connectivity index (χ2n) is 4.70. The Morgan fingerprint density at radius 2 is 2.28 bits per heavy atom. The first-order valence-electron chi connectivity index (χ1n) is 6.19. The van der Waals surface area contributed by atoms with Gasteiger partial charge in [0, 0.05) is 22.0 Å². The average Bonchev–Trinajstić information content (AvgIpc) is 2.37. The first-order chi connectivity index (χ1) is 8.65. The normalized spacial score (nSPS) is 23.7. The van der Waals surface area contributed by atoms with Crippen LogP contribution in [0.1, 0.15) is 36.2 Å². The summed E-state index contributed by atoms with van der Waals surface area (Å²) in [5.41, 5.74) is 0.476. The van der Waals surface area contributed by atoms with E-state index in [2.05, 4.69) is 42.2 Å². The number of pyridine rings is 1. The monoisotopic (exact) mass is 374 g/mol. The number of aromatic nitrogens is 1. The van der Waals surface area contributed by atoms with E-state index >= 15 is 0 Å². The zero-order valence-electron chi connectivity index (χ0n) is 10.0. The molecule has 0 spiro atoms. The molecule has 98 valence electrons. The van der Waals surface area contributed by atoms with Crippen LogP contribution in [-0.4, -0.2) is 22.3 Å². The molecule has 0 radical (unpaired) electrons. The van der Waals surface area contributed by atoms with Gasteiger partial charge in [0.15, 0.2) is 0 Å². The Balaban J connectivity index is 1.82. The van der Waals surface area contributed by atoms with Crippen LogP contribution in [0.2, 0.25) is 0 Å². The molecule has 1 aliphatic rings. The van der Waals surface area contributed by atoms with Crippen LogP contribution in [0.15, 0.2) is 22.8 Å². The fraction of sp³-hybridized carbons (Fsp3) is 0.538. The summed E-state index contributed by atoms with van der Waals surface area (Å²) >= 11 is 6.96. The quantitative estimate of drug-likeness (QED) is 0.821. The maximum absolute atomic E-state index is 11.9. The maximum Gasteiger partial charge on any atom is 0.269 e. The van der Waals surface area contributed by atoms with Crippen LogP contribution < -0.4 is 5.32 Å². The van der Waals surface area contributed by atoms with Gasteiger partial charge in [0.05, 0.1) is 0 Å². The molecule has 5 heteroatoms. The molecule has 1 aromatic rings. The van der Waals surface area contributed by atoms with E-state index in [1.807, 2.05) is 6.07 Å². The third-order valence-electron chi connectivity index (χ3n) is 3.23. The van der Waals surface area contributed by atoms with E-state index in [9.17, 15) is 4.79 Å². The molecular weight excluding hydrogens is 360 g/mol. The van der Waals surface area contributed by atoms with Gasteiger partial charge in [-0.3, -0.25) is 4.79 Å². The van der Waals surface area contributed by atoms with Crippen LogP contribution >= 0.6 is 31.9 Å². The summed E-state index contributed by atoms with van der Waals surface area (Å²) in [6.45, 7) is 0.749. The van der Waals surface area contributed by atoms with Gasteiger partial charge < -0.3 is 5.32 Å². The number of carbonyl (C=O) groups excluding carboxylic acids is 1. The first-order valence-corrected chi connectivity index (χ1v) is 7.90. The molecule has 1 aromatic heterocycles. The number of nitrogens with zero attached hydrogens (tertiary/aromatic N) is 1. The first kappa shape index (κ1) is 14.0. The Hall–Kier alpha value is -0.420. The lowest BCUT2D eigenvalue weighted by atomic mass is 9.89. The highest BCUT2D eigenvalue weighted by molar-refractivity contribution is 9.10. The SMILES string of the molecule is O=C(NCC1CCCC(Br)C1)c1ccc(Br)cn1. The molecule has 2 unspecified atom stereocenters. The fourth-order valence-electron chi connectivity index (χ4n) is 2.25. The van der Waals surface area contributed by atoms with Crippen LogP contribution in [-0.2, 0) is 0 Å². The average molecular weight is 376 g/mol. The molecule has 0 aromatic carbocycles. The maximum atomic E-state index is 11.9. The highest BCUT2D eigenvalue weighted by Gasteiger charge is 2.20. The van der Waals surface area contributed by atoms with Crippen LogP contribution in [0.5, 0.6) is 0 Å². The highest BCUT2D eigenvalue weighted by Crippen LogP contribution is 2.28. The van der Waals surface area contributed by atoms with Gasteiger partial charge in [-0.25, -0.2) is 4.98 Å². The van der Waals surface area contributed by atoms with E-state index in [1.165, 1.54) is 19.3 Å². The number of hydrogen-bond donors (Lipinski definition) is 1. The Bertz CT molecular complexity index is 408. The molecule has 1 heterocycles. The number of alkyl halides is 1. The van der Waals surface area contributed by atoms with Gasteiger partial charge in [-0.05, 0) is 53.2 Å². The van der Waals surface area contributed by atoms with E-state index in [4.69, 9.17) is 0 Å². The molecular formula is C13H16Br2N2O. The van der Waals surface area contributed by atoms with E-state index < -0.39 is 0 Å². The number of hydrogen-bond acceptors (Lipinski definition) is 2. The van der Waals surface area contributed by atoms with E-state index in [1.54, 1.807) is 12.3 Å². The molecule has 3 nitrogen and oxygen atoms in total. The second-order valence-corrected chi connectivity index (χ2v) is 6.91. The van der Waals surface area contributed by atoms with Crippen molar-refractivity contribution in [3.8, 4) is 0 Å². The van der Waals surface area contributed by atoms with Gasteiger partial charge in [0.2, 0.25) is 0 Å². The summed E-state index contributed by atoms with van der Waals surface area (Å²) in [5.74, 6) is 0.502. The number of carbonyl (C=O) groups is 1. The van der Waals surface area contributed by atoms with E-state index in [0.29, 0.717) is 16.4 Å². The lowest BCUT2D eigenvalue weighted by Gasteiger charge is -2.25. The molecule has 2 rings (SSSR count). The lowest BCUT2D eigenvalue weighted by molar-refractivity contribution is 0.0939. The predicted octanol–water partition coefficient (Wildman–Crippen LogP) is 3.53. The predicted molar refractivity (Wildman–Crippen MR) is 78.9 cm³/mol. The Kier molecular flexibility index (Phi) is 5.18. The molecule has 1 fully saturated rings. The smallest absolute Gasteiger partial charge is 0.269 e. The van der Waals surface area contributed by atoms with Crippen molar-refractivity contribution in [2.75, 3.05) is 6.54 Å². The van der Waals surface area contributed by atoms with Crippen molar-refractivity contribution in [3.63, 3.8) is 0 Å². The zero-order chi connectivity index (χ0) is 13.0. The summed E-state index contributed by atoms with van der Waals surface area (Å²) in [4.78, 5) is 16.6. The van der Waals surface area contributed by atoms with Crippen molar-refractivity contribution in [1.82, 2.24) is 10.3 Å². The summed E-state index contributed by atoms with van der Waals surface area (Å²) in [5, 5.41) is 2.97. The van der Waals surface area contributed by atoms with Crippen LogP contribution in [0.3, 0.4) is 0 Å². The number of rotatable bonds is 3. The van der Waals surface area contributed by atoms with Crippen molar-refractivity contribution in [1.29, 1.82) is 0 Å². The van der Waals surface area contributed by atoms with Crippen molar-refractivity contribution < 1.29 is 4.79 Å². The van der Waals surface area contributed by atoms with Gasteiger partial charge in [0.25, 0.3) is 5.91 Å². The number of nitrogens with one attached hydrogen (secondary N) is 1. The molecule has 2 atom stereocenters. The van der Waals surface area contributed by atoms with Crippen molar-refractivity contribution >= 4 is 37.8 Å². The molecule has 0 saturated heterocycles. The molecule has 1 amide bonds. The van der Waals surface area contributed by atoms with Gasteiger partial charge in [-0.2, -0.15) is 0 Å². The van der Waals surface area contributed by atoms with Gasteiger partial charge in [-0.15, -0.1) is 0 Å². The van der Waals surface area contributed by atoms with Crippen LogP contribution in [0.25, 0.3) is 0 Å².